The first-order chi connectivity index (χ1) is 12.6. The van der Waals surface area contributed by atoms with Crippen molar-refractivity contribution in [3.63, 3.8) is 0 Å². The van der Waals surface area contributed by atoms with Crippen molar-refractivity contribution in [2.75, 3.05) is 39.4 Å². The largest absolute Gasteiger partial charge is 0.381 e. The number of halogens is 1. The third kappa shape index (κ3) is 5.35. The van der Waals surface area contributed by atoms with Gasteiger partial charge in [0.2, 0.25) is 5.91 Å². The molecule has 0 unspecified atom stereocenters. The molecule has 0 atom stereocenters. The van der Waals surface area contributed by atoms with Crippen LogP contribution < -0.4 is 5.32 Å². The lowest BCUT2D eigenvalue weighted by atomic mass is 10.1. The zero-order chi connectivity index (χ0) is 18.4. The highest BCUT2D eigenvalue weighted by Crippen LogP contribution is 2.14. The highest BCUT2D eigenvalue weighted by Gasteiger charge is 2.25. The molecule has 1 aromatic rings. The van der Waals surface area contributed by atoms with E-state index in [0.717, 1.165) is 18.4 Å². The maximum Gasteiger partial charge on any atom is 0.317 e. The summed E-state index contributed by atoms with van der Waals surface area (Å²) in [6, 6.07) is 7.79. The molecule has 0 saturated carbocycles. The molecule has 6 nitrogen and oxygen atoms in total. The van der Waals surface area contributed by atoms with Gasteiger partial charge in [0.15, 0.2) is 0 Å². The average Bonchev–Trinajstić information content (AvgIpc) is 2.67. The Balaban J connectivity index is 1.39. The molecule has 0 bridgehead atoms. The molecular formula is C19H26ClN3O3. The molecule has 2 fully saturated rings. The van der Waals surface area contributed by atoms with E-state index in [1.54, 1.807) is 4.90 Å². The normalized spacial score (nSPS) is 18.7. The Morgan fingerprint density at radius 2 is 1.81 bits per heavy atom. The molecule has 1 N–H and O–H groups in total. The van der Waals surface area contributed by atoms with Crippen molar-refractivity contribution in [3.8, 4) is 0 Å². The maximum absolute atomic E-state index is 12.4. The zero-order valence-electron chi connectivity index (χ0n) is 15.0. The van der Waals surface area contributed by atoms with E-state index in [0.29, 0.717) is 57.3 Å². The van der Waals surface area contributed by atoms with Gasteiger partial charge in [-0.2, -0.15) is 0 Å². The molecule has 1 aromatic carbocycles. The fourth-order valence-corrected chi connectivity index (χ4v) is 3.58. The lowest BCUT2D eigenvalue weighted by Crippen LogP contribution is -2.55. The monoisotopic (exact) mass is 379 g/mol. The molecule has 7 heteroatoms. The summed E-state index contributed by atoms with van der Waals surface area (Å²) < 4.78 is 5.31. The molecular weight excluding hydrogens is 354 g/mol. The molecule has 0 radical (unpaired) electrons. The van der Waals surface area contributed by atoms with Crippen molar-refractivity contribution < 1.29 is 14.3 Å². The van der Waals surface area contributed by atoms with Crippen LogP contribution in [0.15, 0.2) is 24.3 Å². The minimum atomic E-state index is -0.0251. The molecule has 142 valence electrons. The second-order valence-corrected chi connectivity index (χ2v) is 7.27. The van der Waals surface area contributed by atoms with Gasteiger partial charge < -0.3 is 19.9 Å². The number of hydrogen-bond donors (Lipinski definition) is 1. The molecule has 0 aliphatic carbocycles. The van der Waals surface area contributed by atoms with Gasteiger partial charge in [-0.05, 0) is 37.0 Å². The van der Waals surface area contributed by atoms with Crippen LogP contribution in [-0.4, -0.2) is 67.2 Å². The summed E-state index contributed by atoms with van der Waals surface area (Å²) in [5.74, 6) is 0.134. The van der Waals surface area contributed by atoms with Crippen molar-refractivity contribution in [3.05, 3.63) is 34.9 Å². The third-order valence-electron chi connectivity index (χ3n) is 4.99. The third-order valence-corrected chi connectivity index (χ3v) is 5.22. The van der Waals surface area contributed by atoms with Crippen LogP contribution in [0.2, 0.25) is 5.02 Å². The molecule has 2 aliphatic rings. The molecule has 2 aliphatic heterocycles. The summed E-state index contributed by atoms with van der Waals surface area (Å²) in [5, 5.41) is 3.77. The smallest absolute Gasteiger partial charge is 0.317 e. The minimum Gasteiger partial charge on any atom is -0.381 e. The lowest BCUT2D eigenvalue weighted by Gasteiger charge is -2.36. The summed E-state index contributed by atoms with van der Waals surface area (Å²) >= 11 is 5.98. The number of nitrogens with zero attached hydrogens (tertiary/aromatic N) is 2. The first kappa shape index (κ1) is 19.0. The number of aryl methyl sites for hydroxylation is 1. The number of carbonyl (C=O) groups excluding carboxylic acids is 2. The summed E-state index contributed by atoms with van der Waals surface area (Å²) in [5.41, 5.74) is 1.07. The van der Waals surface area contributed by atoms with E-state index in [4.69, 9.17) is 16.3 Å². The number of hydrogen-bond acceptors (Lipinski definition) is 3. The molecule has 0 aromatic heterocycles. The summed E-state index contributed by atoms with van der Waals surface area (Å²) in [6.07, 6.45) is 2.89. The molecule has 3 rings (SSSR count). The number of amides is 3. The van der Waals surface area contributed by atoms with Crippen LogP contribution in [0.1, 0.15) is 24.8 Å². The number of carbonyl (C=O) groups is 2. The van der Waals surface area contributed by atoms with Crippen LogP contribution >= 0.6 is 11.6 Å². The topological polar surface area (TPSA) is 61.9 Å². The number of ether oxygens (including phenoxy) is 1. The number of nitrogens with one attached hydrogen (secondary N) is 1. The van der Waals surface area contributed by atoms with Crippen LogP contribution in [0.5, 0.6) is 0 Å². The number of rotatable bonds is 4. The van der Waals surface area contributed by atoms with E-state index in [1.807, 2.05) is 29.2 Å². The summed E-state index contributed by atoms with van der Waals surface area (Å²) in [4.78, 5) is 28.4. The Bertz CT molecular complexity index is 626. The predicted octanol–water partition coefficient (Wildman–Crippen LogP) is 2.31. The molecule has 2 saturated heterocycles. The highest BCUT2D eigenvalue weighted by molar-refractivity contribution is 6.30. The Morgan fingerprint density at radius 3 is 2.50 bits per heavy atom. The first-order valence-electron chi connectivity index (χ1n) is 9.27. The van der Waals surface area contributed by atoms with E-state index in [2.05, 4.69) is 5.32 Å². The van der Waals surface area contributed by atoms with Crippen LogP contribution in [0.25, 0.3) is 0 Å². The SMILES string of the molecule is O=C(CCc1cccc(Cl)c1)N1CCN(C(=O)NC2CCOCC2)CC1. The van der Waals surface area contributed by atoms with Gasteiger partial charge in [-0.3, -0.25) is 4.79 Å². The van der Waals surface area contributed by atoms with Gasteiger partial charge in [-0.1, -0.05) is 23.7 Å². The summed E-state index contributed by atoms with van der Waals surface area (Å²) in [7, 11) is 0. The van der Waals surface area contributed by atoms with E-state index in [-0.39, 0.29) is 18.0 Å². The van der Waals surface area contributed by atoms with Crippen molar-refractivity contribution in [2.24, 2.45) is 0 Å². The number of benzene rings is 1. The maximum atomic E-state index is 12.4. The molecule has 3 amide bonds. The Hall–Kier alpha value is -1.79. The van der Waals surface area contributed by atoms with Gasteiger partial charge >= 0.3 is 6.03 Å². The van der Waals surface area contributed by atoms with Crippen molar-refractivity contribution in [1.29, 1.82) is 0 Å². The van der Waals surface area contributed by atoms with Gasteiger partial charge in [-0.15, -0.1) is 0 Å². The fraction of sp³-hybridized carbons (Fsp3) is 0.579. The van der Waals surface area contributed by atoms with Crippen molar-refractivity contribution >= 4 is 23.5 Å². The Morgan fingerprint density at radius 1 is 1.12 bits per heavy atom. The number of piperazine rings is 1. The molecule has 0 spiro atoms. The van der Waals surface area contributed by atoms with E-state index in [1.165, 1.54) is 0 Å². The van der Waals surface area contributed by atoms with Crippen LogP contribution in [0.3, 0.4) is 0 Å². The van der Waals surface area contributed by atoms with Crippen LogP contribution in [0.4, 0.5) is 4.79 Å². The quantitative estimate of drug-likeness (QED) is 0.873. The Kier molecular flexibility index (Phi) is 6.74. The average molecular weight is 380 g/mol. The van der Waals surface area contributed by atoms with Gasteiger partial charge in [0, 0.05) is 56.9 Å². The fourth-order valence-electron chi connectivity index (χ4n) is 3.37. The predicted molar refractivity (Wildman–Crippen MR) is 100 cm³/mol. The standard InChI is InChI=1S/C19H26ClN3O3/c20-16-3-1-2-15(14-16)4-5-18(24)22-8-10-23(11-9-22)19(25)21-17-6-12-26-13-7-17/h1-3,14,17H,4-13H2,(H,21,25). The van der Waals surface area contributed by atoms with Crippen LogP contribution in [-0.2, 0) is 16.0 Å². The van der Waals surface area contributed by atoms with Gasteiger partial charge in [0.05, 0.1) is 0 Å². The highest BCUT2D eigenvalue weighted by atomic mass is 35.5. The molecule has 26 heavy (non-hydrogen) atoms. The van der Waals surface area contributed by atoms with Crippen molar-refractivity contribution in [2.45, 2.75) is 31.7 Å². The first-order valence-corrected chi connectivity index (χ1v) is 9.65. The summed E-state index contributed by atoms with van der Waals surface area (Å²) in [6.45, 7) is 3.76. The second-order valence-electron chi connectivity index (χ2n) is 6.83. The Labute approximate surface area is 159 Å². The zero-order valence-corrected chi connectivity index (χ0v) is 15.7. The second kappa shape index (κ2) is 9.24. The van der Waals surface area contributed by atoms with Gasteiger partial charge in [0.25, 0.3) is 0 Å². The van der Waals surface area contributed by atoms with Crippen molar-refractivity contribution in [1.82, 2.24) is 15.1 Å². The van der Waals surface area contributed by atoms with Gasteiger partial charge in [0.1, 0.15) is 0 Å². The molecule has 2 heterocycles. The van der Waals surface area contributed by atoms with Gasteiger partial charge in [-0.25, -0.2) is 4.79 Å². The van der Waals surface area contributed by atoms with E-state index in [9.17, 15) is 9.59 Å². The number of urea groups is 1. The van der Waals surface area contributed by atoms with E-state index < -0.39 is 0 Å². The van der Waals surface area contributed by atoms with Crippen LogP contribution in [0, 0.1) is 0 Å². The minimum absolute atomic E-state index is 0.0251. The lowest BCUT2D eigenvalue weighted by molar-refractivity contribution is -0.132. The van der Waals surface area contributed by atoms with E-state index >= 15 is 0 Å².